The quantitative estimate of drug-likeness (QED) is 0.728. The van der Waals surface area contributed by atoms with Gasteiger partial charge in [0.15, 0.2) is 0 Å². The number of hydrogen-bond donors (Lipinski definition) is 2. The number of nitrogens with two attached hydrogens (primary N) is 1. The van der Waals surface area contributed by atoms with Gasteiger partial charge in [-0.2, -0.15) is 0 Å². The maximum atomic E-state index is 8.81. The van der Waals surface area contributed by atoms with Gasteiger partial charge in [-0.25, -0.2) is 0 Å². The highest BCUT2D eigenvalue weighted by molar-refractivity contribution is 5.55. The van der Waals surface area contributed by atoms with Crippen molar-refractivity contribution >= 4 is 5.69 Å². The minimum atomic E-state index is 0.257. The topological polar surface area (TPSA) is 46.2 Å². The molecule has 15 heavy (non-hydrogen) atoms. The number of rotatable bonds is 5. The molecule has 0 saturated carbocycles. The van der Waals surface area contributed by atoms with Gasteiger partial charge in [0.1, 0.15) is 0 Å². The molecule has 0 amide bonds. The number of aryl methyl sites for hydroxylation is 3. The molecule has 84 valence electrons. The molecule has 2 nitrogen and oxygen atoms in total. The Bertz CT molecular complexity index is 295. The third-order valence-electron chi connectivity index (χ3n) is 2.80. The molecule has 0 aromatic heterocycles. The first kappa shape index (κ1) is 12.1. The van der Waals surface area contributed by atoms with E-state index in [1.165, 1.54) is 16.7 Å². The van der Waals surface area contributed by atoms with Crippen molar-refractivity contribution in [3.05, 3.63) is 28.8 Å². The Morgan fingerprint density at radius 2 is 1.67 bits per heavy atom. The first-order valence-corrected chi connectivity index (χ1v) is 5.73. The van der Waals surface area contributed by atoms with Crippen molar-refractivity contribution in [3.63, 3.8) is 0 Å². The standard InChI is InChI=1S/C13H21NO/c1-3-11-8-10(6-5-7-15)9-12(4-2)13(11)14/h8-9,15H,3-7,14H2,1-2H3. The Balaban J connectivity index is 2.98. The lowest BCUT2D eigenvalue weighted by molar-refractivity contribution is 0.288. The summed E-state index contributed by atoms with van der Waals surface area (Å²) < 4.78 is 0. The van der Waals surface area contributed by atoms with Crippen LogP contribution >= 0.6 is 0 Å². The summed E-state index contributed by atoms with van der Waals surface area (Å²) in [5.41, 5.74) is 10.8. The lowest BCUT2D eigenvalue weighted by atomic mass is 9.97. The van der Waals surface area contributed by atoms with Crippen LogP contribution in [0.4, 0.5) is 5.69 Å². The summed E-state index contributed by atoms with van der Waals surface area (Å²) >= 11 is 0. The SMILES string of the molecule is CCc1cc(CCCO)cc(CC)c1N. The smallest absolute Gasteiger partial charge is 0.0434 e. The predicted octanol–water partition coefficient (Wildman–Crippen LogP) is 2.32. The fourth-order valence-electron chi connectivity index (χ4n) is 1.86. The average molecular weight is 207 g/mol. The van der Waals surface area contributed by atoms with Crippen LogP contribution in [0.3, 0.4) is 0 Å². The Morgan fingerprint density at radius 1 is 1.13 bits per heavy atom. The summed E-state index contributed by atoms with van der Waals surface area (Å²) in [5, 5.41) is 8.81. The molecule has 1 aromatic rings. The summed E-state index contributed by atoms with van der Waals surface area (Å²) in [7, 11) is 0. The summed E-state index contributed by atoms with van der Waals surface area (Å²) in [6, 6.07) is 4.34. The largest absolute Gasteiger partial charge is 0.398 e. The van der Waals surface area contributed by atoms with E-state index in [0.29, 0.717) is 0 Å². The van der Waals surface area contributed by atoms with Crippen LogP contribution in [0, 0.1) is 0 Å². The van der Waals surface area contributed by atoms with Crippen LogP contribution in [0.5, 0.6) is 0 Å². The maximum absolute atomic E-state index is 8.81. The van der Waals surface area contributed by atoms with Gasteiger partial charge in [0.05, 0.1) is 0 Å². The van der Waals surface area contributed by atoms with E-state index < -0.39 is 0 Å². The monoisotopic (exact) mass is 207 g/mol. The van der Waals surface area contributed by atoms with Crippen LogP contribution in [-0.2, 0) is 19.3 Å². The third kappa shape index (κ3) is 2.96. The molecule has 0 heterocycles. The fourth-order valence-corrected chi connectivity index (χ4v) is 1.86. The number of benzene rings is 1. The van der Waals surface area contributed by atoms with Gasteiger partial charge in [-0.15, -0.1) is 0 Å². The highest BCUT2D eigenvalue weighted by Gasteiger charge is 2.05. The molecule has 0 aliphatic heterocycles. The van der Waals surface area contributed by atoms with Gasteiger partial charge in [0, 0.05) is 12.3 Å². The molecule has 0 spiro atoms. The number of hydrogen-bond acceptors (Lipinski definition) is 2. The van der Waals surface area contributed by atoms with Crippen molar-refractivity contribution in [2.45, 2.75) is 39.5 Å². The molecule has 1 rings (SSSR count). The Morgan fingerprint density at radius 3 is 2.07 bits per heavy atom. The van der Waals surface area contributed by atoms with Gasteiger partial charge < -0.3 is 10.8 Å². The second-order valence-corrected chi connectivity index (χ2v) is 3.86. The minimum Gasteiger partial charge on any atom is -0.398 e. The second-order valence-electron chi connectivity index (χ2n) is 3.86. The van der Waals surface area contributed by atoms with Gasteiger partial charge in [0.2, 0.25) is 0 Å². The van der Waals surface area contributed by atoms with E-state index in [9.17, 15) is 0 Å². The van der Waals surface area contributed by atoms with Crippen molar-refractivity contribution in [2.75, 3.05) is 12.3 Å². The van der Waals surface area contributed by atoms with E-state index >= 15 is 0 Å². The Hall–Kier alpha value is -1.02. The Kier molecular flexibility index (Phi) is 4.63. The van der Waals surface area contributed by atoms with Crippen LogP contribution in [0.2, 0.25) is 0 Å². The summed E-state index contributed by atoms with van der Waals surface area (Å²) in [4.78, 5) is 0. The van der Waals surface area contributed by atoms with Crippen molar-refractivity contribution in [1.29, 1.82) is 0 Å². The van der Waals surface area contributed by atoms with E-state index in [1.807, 2.05) is 0 Å². The summed E-state index contributed by atoms with van der Waals surface area (Å²) in [6.45, 7) is 4.51. The molecule has 1 aromatic carbocycles. The maximum Gasteiger partial charge on any atom is 0.0434 e. The van der Waals surface area contributed by atoms with Gasteiger partial charge in [0.25, 0.3) is 0 Å². The molecule has 0 radical (unpaired) electrons. The van der Waals surface area contributed by atoms with Crippen molar-refractivity contribution < 1.29 is 5.11 Å². The van der Waals surface area contributed by atoms with Crippen LogP contribution in [0.15, 0.2) is 12.1 Å². The summed E-state index contributed by atoms with van der Waals surface area (Å²) in [6.07, 6.45) is 3.73. The van der Waals surface area contributed by atoms with Gasteiger partial charge in [-0.3, -0.25) is 0 Å². The molecule has 0 unspecified atom stereocenters. The van der Waals surface area contributed by atoms with Gasteiger partial charge >= 0.3 is 0 Å². The van der Waals surface area contributed by atoms with E-state index in [4.69, 9.17) is 10.8 Å². The molecule has 0 bridgehead atoms. The molecule has 0 fully saturated rings. The number of anilines is 1. The number of nitrogen functional groups attached to an aromatic ring is 1. The molecule has 0 aliphatic rings. The molecule has 0 aliphatic carbocycles. The number of aliphatic hydroxyl groups is 1. The third-order valence-corrected chi connectivity index (χ3v) is 2.80. The first-order chi connectivity index (χ1) is 7.22. The van der Waals surface area contributed by atoms with Crippen molar-refractivity contribution in [3.8, 4) is 0 Å². The van der Waals surface area contributed by atoms with E-state index in [1.54, 1.807) is 0 Å². The lowest BCUT2D eigenvalue weighted by Crippen LogP contribution is -2.01. The molecular weight excluding hydrogens is 186 g/mol. The summed E-state index contributed by atoms with van der Waals surface area (Å²) in [5.74, 6) is 0. The average Bonchev–Trinajstić information content (AvgIpc) is 2.27. The fraction of sp³-hybridized carbons (Fsp3) is 0.538. The van der Waals surface area contributed by atoms with Crippen LogP contribution in [0.1, 0.15) is 37.0 Å². The van der Waals surface area contributed by atoms with Crippen molar-refractivity contribution in [2.24, 2.45) is 0 Å². The van der Waals surface area contributed by atoms with Crippen LogP contribution in [0.25, 0.3) is 0 Å². The van der Waals surface area contributed by atoms with E-state index in [2.05, 4.69) is 26.0 Å². The molecule has 3 N–H and O–H groups in total. The van der Waals surface area contributed by atoms with Gasteiger partial charge in [-0.1, -0.05) is 26.0 Å². The van der Waals surface area contributed by atoms with E-state index in [0.717, 1.165) is 31.4 Å². The highest BCUT2D eigenvalue weighted by atomic mass is 16.2. The van der Waals surface area contributed by atoms with Crippen LogP contribution in [-0.4, -0.2) is 11.7 Å². The zero-order chi connectivity index (χ0) is 11.3. The zero-order valence-electron chi connectivity index (χ0n) is 9.71. The predicted molar refractivity (Wildman–Crippen MR) is 65.0 cm³/mol. The second kappa shape index (κ2) is 5.76. The van der Waals surface area contributed by atoms with Crippen LogP contribution < -0.4 is 5.73 Å². The van der Waals surface area contributed by atoms with Gasteiger partial charge in [-0.05, 0) is 42.4 Å². The van der Waals surface area contributed by atoms with E-state index in [-0.39, 0.29) is 6.61 Å². The Labute approximate surface area is 92.1 Å². The zero-order valence-corrected chi connectivity index (χ0v) is 9.71. The van der Waals surface area contributed by atoms with Crippen molar-refractivity contribution in [1.82, 2.24) is 0 Å². The minimum absolute atomic E-state index is 0.257. The molecule has 2 heteroatoms. The highest BCUT2D eigenvalue weighted by Crippen LogP contribution is 2.22. The first-order valence-electron chi connectivity index (χ1n) is 5.73. The molecule has 0 saturated heterocycles. The molecular formula is C13H21NO. The number of aliphatic hydroxyl groups excluding tert-OH is 1. The lowest BCUT2D eigenvalue weighted by Gasteiger charge is -2.11. The molecule has 0 atom stereocenters. The normalized spacial score (nSPS) is 10.6.